The van der Waals surface area contributed by atoms with Crippen LogP contribution in [0.3, 0.4) is 0 Å². The van der Waals surface area contributed by atoms with E-state index in [1.165, 1.54) is 33.7 Å². The molecule has 3 aromatic rings. The molecule has 102 valence electrons. The summed E-state index contributed by atoms with van der Waals surface area (Å²) in [7, 11) is 0. The van der Waals surface area contributed by atoms with Crippen molar-refractivity contribution in [3.8, 4) is 0 Å². The summed E-state index contributed by atoms with van der Waals surface area (Å²) in [6.07, 6.45) is 2.45. The third-order valence-electron chi connectivity index (χ3n) is 3.47. The van der Waals surface area contributed by atoms with Crippen LogP contribution in [0.15, 0.2) is 70.6 Å². The van der Waals surface area contributed by atoms with Gasteiger partial charge in [0, 0.05) is 22.3 Å². The molecule has 0 aliphatic heterocycles. The lowest BCUT2D eigenvalue weighted by molar-refractivity contribution is 0.614. The van der Waals surface area contributed by atoms with Crippen molar-refractivity contribution in [1.82, 2.24) is 4.57 Å². The Bertz CT molecular complexity index is 685. The zero-order valence-electron chi connectivity index (χ0n) is 11.8. The third kappa shape index (κ3) is 2.75. The normalized spacial score (nSPS) is 11.1. The highest BCUT2D eigenvalue weighted by molar-refractivity contribution is 7.99. The van der Waals surface area contributed by atoms with E-state index in [-0.39, 0.29) is 0 Å². The van der Waals surface area contributed by atoms with Crippen LogP contribution in [0.25, 0.3) is 10.9 Å². The first-order chi connectivity index (χ1) is 9.88. The minimum atomic E-state index is 1.10. The maximum atomic E-state index is 2.45. The van der Waals surface area contributed by atoms with E-state index in [4.69, 9.17) is 0 Å². The van der Waals surface area contributed by atoms with Crippen molar-refractivity contribution < 1.29 is 0 Å². The summed E-state index contributed by atoms with van der Waals surface area (Å²) in [4.78, 5) is 1.30. The number of para-hydroxylation sites is 1. The van der Waals surface area contributed by atoms with Crippen molar-refractivity contribution in [2.24, 2.45) is 0 Å². The highest BCUT2D eigenvalue weighted by Gasteiger charge is 2.09. The van der Waals surface area contributed by atoms with Crippen molar-refractivity contribution in [2.75, 3.05) is 0 Å². The minimum Gasteiger partial charge on any atom is -0.335 e. The smallest absolute Gasteiger partial charge is 0.0807 e. The highest BCUT2D eigenvalue weighted by Crippen LogP contribution is 2.33. The molecular weight excluding hydrogens is 262 g/mol. The number of hydrogen-bond donors (Lipinski definition) is 0. The van der Waals surface area contributed by atoms with Gasteiger partial charge in [-0.1, -0.05) is 61.5 Å². The van der Waals surface area contributed by atoms with Crippen LogP contribution in [0.4, 0.5) is 0 Å². The van der Waals surface area contributed by atoms with Gasteiger partial charge < -0.3 is 4.57 Å². The van der Waals surface area contributed by atoms with Crippen LogP contribution >= 0.6 is 11.8 Å². The average Bonchev–Trinajstić information content (AvgIpc) is 2.83. The molecule has 0 radical (unpaired) electrons. The molecular formula is C18H19NS. The summed E-state index contributed by atoms with van der Waals surface area (Å²) >= 11 is 1.85. The van der Waals surface area contributed by atoms with Gasteiger partial charge >= 0.3 is 0 Å². The summed E-state index contributed by atoms with van der Waals surface area (Å²) in [6, 6.07) is 21.6. The molecule has 0 bridgehead atoms. The molecule has 1 nitrogen and oxygen atoms in total. The lowest BCUT2D eigenvalue weighted by Crippen LogP contribution is -1.98. The summed E-state index contributed by atoms with van der Waals surface area (Å²) in [5, 5.41) is 2.67. The van der Waals surface area contributed by atoms with Crippen molar-refractivity contribution in [3.63, 3.8) is 0 Å². The van der Waals surface area contributed by atoms with Gasteiger partial charge in [-0.25, -0.2) is 0 Å². The van der Waals surface area contributed by atoms with Gasteiger partial charge in [-0.05, 0) is 30.7 Å². The lowest BCUT2D eigenvalue weighted by atomic mass is 10.2. The van der Waals surface area contributed by atoms with E-state index in [9.17, 15) is 0 Å². The Kier molecular flexibility index (Phi) is 4.12. The molecule has 0 atom stereocenters. The highest BCUT2D eigenvalue weighted by atomic mass is 32.2. The van der Waals surface area contributed by atoms with Crippen molar-refractivity contribution in [1.29, 1.82) is 0 Å². The minimum absolute atomic E-state index is 1.10. The molecule has 0 aliphatic rings. The molecule has 0 spiro atoms. The van der Waals surface area contributed by atoms with E-state index >= 15 is 0 Å². The Labute approximate surface area is 124 Å². The molecule has 20 heavy (non-hydrogen) atoms. The molecule has 0 fully saturated rings. The average molecular weight is 281 g/mol. The topological polar surface area (TPSA) is 4.93 Å². The molecule has 0 saturated heterocycles. The molecule has 0 aliphatic carbocycles. The van der Waals surface area contributed by atoms with Crippen molar-refractivity contribution >= 4 is 22.7 Å². The summed E-state index contributed by atoms with van der Waals surface area (Å²) in [5.74, 6) is 0. The van der Waals surface area contributed by atoms with Crippen molar-refractivity contribution in [2.45, 2.75) is 36.2 Å². The van der Waals surface area contributed by atoms with Crippen LogP contribution in [0.1, 0.15) is 19.8 Å². The monoisotopic (exact) mass is 281 g/mol. The summed E-state index contributed by atoms with van der Waals surface area (Å²) in [5.41, 5.74) is 1.35. The number of nitrogens with zero attached hydrogens (tertiary/aromatic N) is 1. The molecule has 0 saturated carbocycles. The molecule has 0 N–H and O–H groups in total. The Balaban J connectivity index is 2.00. The fourth-order valence-corrected chi connectivity index (χ4v) is 3.45. The van der Waals surface area contributed by atoms with Crippen LogP contribution in [-0.2, 0) is 6.54 Å². The van der Waals surface area contributed by atoms with Gasteiger partial charge in [-0.3, -0.25) is 0 Å². The van der Waals surface area contributed by atoms with Crippen LogP contribution in [0.5, 0.6) is 0 Å². The van der Waals surface area contributed by atoms with E-state index in [0.29, 0.717) is 0 Å². The number of hydrogen-bond acceptors (Lipinski definition) is 1. The quantitative estimate of drug-likeness (QED) is 0.590. The second-order valence-electron chi connectivity index (χ2n) is 4.96. The third-order valence-corrected chi connectivity index (χ3v) is 4.53. The molecule has 0 unspecified atom stereocenters. The van der Waals surface area contributed by atoms with Gasteiger partial charge in [0.15, 0.2) is 0 Å². The molecule has 2 aromatic carbocycles. The van der Waals surface area contributed by atoms with Gasteiger partial charge in [0.1, 0.15) is 0 Å². The van der Waals surface area contributed by atoms with Crippen molar-refractivity contribution in [3.05, 3.63) is 60.7 Å². The van der Waals surface area contributed by atoms with Crippen LogP contribution in [-0.4, -0.2) is 4.57 Å². The van der Waals surface area contributed by atoms with E-state index < -0.39 is 0 Å². The maximum absolute atomic E-state index is 2.45. The number of fused-ring (bicyclic) bond motifs is 1. The second-order valence-corrected chi connectivity index (χ2v) is 6.06. The van der Waals surface area contributed by atoms with E-state index in [0.717, 1.165) is 6.54 Å². The van der Waals surface area contributed by atoms with Crippen LogP contribution < -0.4 is 0 Å². The molecule has 3 rings (SSSR count). The molecule has 1 aromatic heterocycles. The lowest BCUT2D eigenvalue weighted by Gasteiger charge is -2.09. The van der Waals surface area contributed by atoms with Gasteiger partial charge in [-0.15, -0.1) is 0 Å². The largest absolute Gasteiger partial charge is 0.335 e. The molecule has 0 amide bonds. The first-order valence-corrected chi connectivity index (χ1v) is 8.01. The molecule has 1 heterocycles. The van der Waals surface area contributed by atoms with Gasteiger partial charge in [0.05, 0.1) is 5.03 Å². The zero-order chi connectivity index (χ0) is 13.8. The number of unbranched alkanes of at least 4 members (excludes halogenated alkanes) is 1. The number of aryl methyl sites for hydroxylation is 1. The van der Waals surface area contributed by atoms with E-state index in [1.807, 2.05) is 11.8 Å². The van der Waals surface area contributed by atoms with Crippen LogP contribution in [0, 0.1) is 0 Å². The standard InChI is InChI=1S/C18H19NS/c1-2-3-13-19-17-12-8-7-9-15(17)14-18(19)20-16-10-5-4-6-11-16/h4-12,14H,2-3,13H2,1H3. The Morgan fingerprint density at radius 2 is 1.70 bits per heavy atom. The van der Waals surface area contributed by atoms with E-state index in [1.54, 1.807) is 0 Å². The Hall–Kier alpha value is -1.67. The first kappa shape index (κ1) is 13.3. The van der Waals surface area contributed by atoms with Gasteiger partial charge in [0.25, 0.3) is 0 Å². The SMILES string of the molecule is CCCCn1c(Sc2ccccc2)cc2ccccc21. The summed E-state index contributed by atoms with van der Waals surface area (Å²) < 4.78 is 2.45. The zero-order valence-corrected chi connectivity index (χ0v) is 12.6. The first-order valence-electron chi connectivity index (χ1n) is 7.19. The maximum Gasteiger partial charge on any atom is 0.0807 e. The predicted octanol–water partition coefficient (Wildman–Crippen LogP) is 5.59. The summed E-state index contributed by atoms with van der Waals surface area (Å²) in [6.45, 7) is 3.34. The van der Waals surface area contributed by atoms with Gasteiger partial charge in [-0.2, -0.15) is 0 Å². The van der Waals surface area contributed by atoms with Crippen LogP contribution in [0.2, 0.25) is 0 Å². The van der Waals surface area contributed by atoms with Gasteiger partial charge in [0.2, 0.25) is 0 Å². The second kappa shape index (κ2) is 6.19. The predicted molar refractivity (Wildman–Crippen MR) is 87.4 cm³/mol. The molecule has 2 heteroatoms. The number of benzene rings is 2. The Morgan fingerprint density at radius 1 is 0.950 bits per heavy atom. The number of aromatic nitrogens is 1. The number of rotatable bonds is 5. The fourth-order valence-electron chi connectivity index (χ4n) is 2.43. The fraction of sp³-hybridized carbons (Fsp3) is 0.222. The Morgan fingerprint density at radius 3 is 2.50 bits per heavy atom. The van der Waals surface area contributed by atoms with E-state index in [2.05, 4.69) is 72.2 Å².